The van der Waals surface area contributed by atoms with Crippen molar-refractivity contribution in [1.29, 1.82) is 0 Å². The third-order valence-corrected chi connectivity index (χ3v) is 6.27. The molecule has 9 heteroatoms. The first-order chi connectivity index (χ1) is 11.5. The minimum absolute atomic E-state index is 0.0109. The van der Waals surface area contributed by atoms with Crippen LogP contribution in [0.1, 0.15) is 12.8 Å². The molecule has 0 radical (unpaired) electrons. The molecule has 3 rings (SSSR count). The van der Waals surface area contributed by atoms with Gasteiger partial charge in [-0.05, 0) is 37.1 Å². The Morgan fingerprint density at radius 3 is 2.83 bits per heavy atom. The van der Waals surface area contributed by atoms with Crippen LogP contribution in [0.15, 0.2) is 41.4 Å². The molecule has 1 atom stereocenters. The fourth-order valence-electron chi connectivity index (χ4n) is 2.55. The zero-order chi connectivity index (χ0) is 17.2. The average Bonchev–Trinajstić information content (AvgIpc) is 2.58. The molecule has 1 aliphatic heterocycles. The van der Waals surface area contributed by atoms with Crippen LogP contribution in [0.5, 0.6) is 5.88 Å². The monoisotopic (exact) mass is 387 g/mol. The topological polar surface area (TPSA) is 72.4 Å². The number of benzene rings is 1. The number of hydrogen-bond acceptors (Lipinski definition) is 5. The molecule has 24 heavy (non-hydrogen) atoms. The van der Waals surface area contributed by atoms with Crippen molar-refractivity contribution in [2.45, 2.75) is 23.8 Å². The molecule has 1 saturated heterocycles. The Labute approximate surface area is 150 Å². The van der Waals surface area contributed by atoms with E-state index < -0.39 is 10.0 Å². The van der Waals surface area contributed by atoms with E-state index in [1.165, 1.54) is 16.4 Å². The van der Waals surface area contributed by atoms with E-state index in [0.717, 1.165) is 6.42 Å². The molecule has 1 aliphatic rings. The smallest absolute Gasteiger partial charge is 0.244 e. The normalized spacial score (nSPS) is 19.2. The van der Waals surface area contributed by atoms with Gasteiger partial charge >= 0.3 is 0 Å². The minimum Gasteiger partial charge on any atom is -0.472 e. The summed E-state index contributed by atoms with van der Waals surface area (Å²) >= 11 is 12.0. The zero-order valence-corrected chi connectivity index (χ0v) is 14.9. The third-order valence-electron chi connectivity index (χ3n) is 3.69. The maximum Gasteiger partial charge on any atom is 0.244 e. The highest BCUT2D eigenvalue weighted by Crippen LogP contribution is 2.29. The second-order valence-corrected chi connectivity index (χ2v) is 8.13. The van der Waals surface area contributed by atoms with E-state index >= 15 is 0 Å². The number of piperidine rings is 1. The maximum absolute atomic E-state index is 12.9. The number of hydrogen-bond donors (Lipinski definition) is 0. The summed E-state index contributed by atoms with van der Waals surface area (Å²) in [6, 6.07) is 7.80. The Kier molecular flexibility index (Phi) is 5.24. The van der Waals surface area contributed by atoms with E-state index in [1.807, 2.05) is 0 Å². The van der Waals surface area contributed by atoms with Gasteiger partial charge in [-0.1, -0.05) is 23.2 Å². The number of halogens is 2. The van der Waals surface area contributed by atoms with Crippen molar-refractivity contribution in [1.82, 2.24) is 14.5 Å². The van der Waals surface area contributed by atoms with Gasteiger partial charge in [-0.3, -0.25) is 0 Å². The lowest BCUT2D eigenvalue weighted by Crippen LogP contribution is -2.44. The minimum atomic E-state index is -3.74. The van der Waals surface area contributed by atoms with E-state index in [2.05, 4.69) is 10.2 Å². The van der Waals surface area contributed by atoms with Crippen LogP contribution in [0.2, 0.25) is 10.0 Å². The highest BCUT2D eigenvalue weighted by Gasteiger charge is 2.32. The van der Waals surface area contributed by atoms with Crippen LogP contribution in [-0.4, -0.2) is 42.1 Å². The van der Waals surface area contributed by atoms with Crippen LogP contribution in [-0.2, 0) is 10.0 Å². The summed E-state index contributed by atoms with van der Waals surface area (Å²) in [4.78, 5) is 0.0109. The first-order valence-corrected chi connectivity index (χ1v) is 9.56. The average molecular weight is 388 g/mol. The molecule has 0 aliphatic carbocycles. The van der Waals surface area contributed by atoms with Gasteiger partial charge in [0.25, 0.3) is 0 Å². The van der Waals surface area contributed by atoms with Crippen LogP contribution >= 0.6 is 23.2 Å². The fraction of sp³-hybridized carbons (Fsp3) is 0.333. The van der Waals surface area contributed by atoms with Gasteiger partial charge in [0.05, 0.1) is 11.6 Å². The molecule has 0 saturated carbocycles. The van der Waals surface area contributed by atoms with Gasteiger partial charge in [0, 0.05) is 23.8 Å². The van der Waals surface area contributed by atoms with Crippen molar-refractivity contribution in [3.8, 4) is 5.88 Å². The molecular formula is C15H15Cl2N3O3S. The van der Waals surface area contributed by atoms with Gasteiger partial charge in [-0.25, -0.2) is 8.42 Å². The van der Waals surface area contributed by atoms with Crippen LogP contribution in [0.4, 0.5) is 0 Å². The maximum atomic E-state index is 12.9. The lowest BCUT2D eigenvalue weighted by Gasteiger charge is -2.31. The number of sulfonamides is 1. The first-order valence-electron chi connectivity index (χ1n) is 7.36. The number of nitrogens with zero attached hydrogens (tertiary/aromatic N) is 3. The molecule has 0 spiro atoms. The molecular weight excluding hydrogens is 373 g/mol. The standard InChI is InChI=1S/C15H15Cl2N3O3S/c16-11-5-6-13(17)14(9-11)24(21,22)20-8-2-3-12(10-20)23-15-4-1-7-18-19-15/h1,4-7,9,12H,2-3,8,10H2. The molecule has 2 heterocycles. The van der Waals surface area contributed by atoms with Crippen molar-refractivity contribution in [3.05, 3.63) is 46.6 Å². The molecule has 2 aromatic rings. The highest BCUT2D eigenvalue weighted by molar-refractivity contribution is 7.89. The predicted octanol–water partition coefficient (Wildman–Crippen LogP) is 3.02. The summed E-state index contributed by atoms with van der Waals surface area (Å²) in [5, 5.41) is 8.08. The number of rotatable bonds is 4. The molecule has 6 nitrogen and oxygen atoms in total. The molecule has 1 unspecified atom stereocenters. The molecule has 1 aromatic carbocycles. The molecule has 1 aromatic heterocycles. The number of aromatic nitrogens is 2. The van der Waals surface area contributed by atoms with Gasteiger partial charge in [0.2, 0.25) is 15.9 Å². The van der Waals surface area contributed by atoms with Crippen LogP contribution in [0, 0.1) is 0 Å². The van der Waals surface area contributed by atoms with Gasteiger partial charge in [-0.15, -0.1) is 5.10 Å². The third kappa shape index (κ3) is 3.80. The van der Waals surface area contributed by atoms with E-state index in [4.69, 9.17) is 27.9 Å². The second-order valence-electron chi connectivity index (χ2n) is 5.38. The van der Waals surface area contributed by atoms with E-state index in [0.29, 0.717) is 23.9 Å². The Balaban J connectivity index is 1.79. The SMILES string of the molecule is O=S(=O)(c1cc(Cl)ccc1Cl)N1CCCC(Oc2cccnn2)C1. The summed E-state index contributed by atoms with van der Waals surface area (Å²) in [6.07, 6.45) is 2.68. The first kappa shape index (κ1) is 17.4. The molecule has 128 valence electrons. The molecule has 1 fully saturated rings. The largest absolute Gasteiger partial charge is 0.472 e. The Bertz CT molecular complexity index is 818. The summed E-state index contributed by atoms with van der Waals surface area (Å²) < 4.78 is 32.8. The van der Waals surface area contributed by atoms with Crippen molar-refractivity contribution < 1.29 is 13.2 Å². The Morgan fingerprint density at radius 2 is 2.08 bits per heavy atom. The van der Waals surface area contributed by atoms with E-state index in [1.54, 1.807) is 24.4 Å². The zero-order valence-electron chi connectivity index (χ0n) is 12.6. The molecule has 0 N–H and O–H groups in total. The fourth-order valence-corrected chi connectivity index (χ4v) is 4.80. The van der Waals surface area contributed by atoms with E-state index in [-0.39, 0.29) is 22.6 Å². The van der Waals surface area contributed by atoms with Gasteiger partial charge in [0.15, 0.2) is 0 Å². The molecule has 0 amide bonds. The summed E-state index contributed by atoms with van der Waals surface area (Å²) in [7, 11) is -3.74. The number of ether oxygens (including phenoxy) is 1. The van der Waals surface area contributed by atoms with Crippen LogP contribution in [0.3, 0.4) is 0 Å². The van der Waals surface area contributed by atoms with Crippen molar-refractivity contribution in [2.75, 3.05) is 13.1 Å². The summed E-state index contributed by atoms with van der Waals surface area (Å²) in [5.74, 6) is 0.377. The van der Waals surface area contributed by atoms with E-state index in [9.17, 15) is 8.42 Å². The van der Waals surface area contributed by atoms with Crippen LogP contribution < -0.4 is 4.74 Å². The summed E-state index contributed by atoms with van der Waals surface area (Å²) in [5.41, 5.74) is 0. The Hall–Kier alpha value is -1.41. The lowest BCUT2D eigenvalue weighted by molar-refractivity contribution is 0.123. The van der Waals surface area contributed by atoms with Crippen LogP contribution in [0.25, 0.3) is 0 Å². The quantitative estimate of drug-likeness (QED) is 0.805. The van der Waals surface area contributed by atoms with Crippen molar-refractivity contribution >= 4 is 33.2 Å². The van der Waals surface area contributed by atoms with Gasteiger partial charge in [-0.2, -0.15) is 9.40 Å². The lowest BCUT2D eigenvalue weighted by atomic mass is 10.1. The van der Waals surface area contributed by atoms with Crippen molar-refractivity contribution in [2.24, 2.45) is 0 Å². The van der Waals surface area contributed by atoms with Gasteiger partial charge < -0.3 is 4.74 Å². The van der Waals surface area contributed by atoms with Gasteiger partial charge in [0.1, 0.15) is 11.0 Å². The summed E-state index contributed by atoms with van der Waals surface area (Å²) in [6.45, 7) is 0.632. The second kappa shape index (κ2) is 7.23. The highest BCUT2D eigenvalue weighted by atomic mass is 35.5. The predicted molar refractivity (Wildman–Crippen MR) is 90.9 cm³/mol. The molecule has 0 bridgehead atoms. The Morgan fingerprint density at radius 1 is 1.25 bits per heavy atom. The van der Waals surface area contributed by atoms with Crippen molar-refractivity contribution in [3.63, 3.8) is 0 Å².